The van der Waals surface area contributed by atoms with E-state index in [1.54, 1.807) is 0 Å². The van der Waals surface area contributed by atoms with E-state index in [9.17, 15) is 4.79 Å². The summed E-state index contributed by atoms with van der Waals surface area (Å²) in [4.78, 5) is 12.6. The third kappa shape index (κ3) is 3.58. The molecule has 3 aromatic rings. The smallest absolute Gasteiger partial charge is 0.273 e. The van der Waals surface area contributed by atoms with Gasteiger partial charge in [0.2, 0.25) is 0 Å². The van der Waals surface area contributed by atoms with Crippen LogP contribution >= 0.6 is 0 Å². The maximum absolute atomic E-state index is 12.6. The number of hydrogen-bond donors (Lipinski definition) is 1. The number of benzene rings is 2. The highest BCUT2D eigenvalue weighted by atomic mass is 16.5. The van der Waals surface area contributed by atoms with Gasteiger partial charge in [0.25, 0.3) is 5.91 Å². The van der Waals surface area contributed by atoms with Crippen molar-refractivity contribution >= 4 is 5.91 Å². The molecule has 0 aliphatic carbocycles. The van der Waals surface area contributed by atoms with Gasteiger partial charge in [0.15, 0.2) is 11.5 Å². The molecular formula is C22H22N2O4. The van der Waals surface area contributed by atoms with Gasteiger partial charge in [-0.1, -0.05) is 28.9 Å². The molecule has 1 aliphatic rings. The number of nitrogens with one attached hydrogen (secondary N) is 1. The van der Waals surface area contributed by atoms with E-state index >= 15 is 0 Å². The Balaban J connectivity index is 1.41. The second kappa shape index (κ2) is 7.76. The average Bonchev–Trinajstić information content (AvgIpc) is 3.14. The van der Waals surface area contributed by atoms with Crippen molar-refractivity contribution in [2.24, 2.45) is 0 Å². The van der Waals surface area contributed by atoms with Crippen molar-refractivity contribution in [3.05, 3.63) is 64.8 Å². The molecule has 0 saturated heterocycles. The molecule has 6 nitrogen and oxygen atoms in total. The van der Waals surface area contributed by atoms with Gasteiger partial charge in [-0.05, 0) is 50.1 Å². The minimum absolute atomic E-state index is 0.254. The Morgan fingerprint density at radius 1 is 1.21 bits per heavy atom. The van der Waals surface area contributed by atoms with Crippen LogP contribution < -0.4 is 14.8 Å². The van der Waals surface area contributed by atoms with Crippen molar-refractivity contribution in [2.45, 2.75) is 26.9 Å². The van der Waals surface area contributed by atoms with Crippen LogP contribution in [0.5, 0.6) is 11.5 Å². The monoisotopic (exact) mass is 378 g/mol. The van der Waals surface area contributed by atoms with Crippen molar-refractivity contribution in [2.75, 3.05) is 13.2 Å². The molecule has 0 unspecified atom stereocenters. The Morgan fingerprint density at radius 3 is 2.82 bits per heavy atom. The van der Waals surface area contributed by atoms with E-state index in [0.717, 1.165) is 34.6 Å². The van der Waals surface area contributed by atoms with Gasteiger partial charge in [0.05, 0.1) is 17.7 Å². The minimum atomic E-state index is -0.254. The number of amides is 1. The normalized spacial score (nSPS) is 11.9. The summed E-state index contributed by atoms with van der Waals surface area (Å²) in [6.45, 7) is 5.38. The zero-order chi connectivity index (χ0) is 19.5. The zero-order valence-corrected chi connectivity index (χ0v) is 16.0. The summed E-state index contributed by atoms with van der Waals surface area (Å²) in [5, 5.41) is 6.91. The maximum Gasteiger partial charge on any atom is 0.273 e. The lowest BCUT2D eigenvalue weighted by Gasteiger charge is -2.16. The number of carbonyl (C=O) groups excluding carboxylic acids is 1. The number of fused-ring (bicyclic) bond motifs is 3. The Kier molecular flexibility index (Phi) is 5.02. The zero-order valence-electron chi connectivity index (χ0n) is 16.0. The second-order valence-corrected chi connectivity index (χ2v) is 6.71. The summed E-state index contributed by atoms with van der Waals surface area (Å²) < 4.78 is 16.7. The van der Waals surface area contributed by atoms with Crippen LogP contribution in [-0.4, -0.2) is 24.2 Å². The molecule has 0 saturated carbocycles. The van der Waals surface area contributed by atoms with Crippen LogP contribution in [0, 0.1) is 6.92 Å². The van der Waals surface area contributed by atoms with Crippen LogP contribution in [0.15, 0.2) is 47.0 Å². The van der Waals surface area contributed by atoms with E-state index in [4.69, 9.17) is 14.0 Å². The van der Waals surface area contributed by atoms with Crippen LogP contribution in [0.2, 0.25) is 0 Å². The largest absolute Gasteiger partial charge is 0.494 e. The second-order valence-electron chi connectivity index (χ2n) is 6.71. The average molecular weight is 378 g/mol. The number of rotatable bonds is 6. The number of nitrogens with zero attached hydrogens (tertiary/aromatic N) is 1. The molecule has 0 spiro atoms. The Morgan fingerprint density at radius 2 is 2.04 bits per heavy atom. The summed E-state index contributed by atoms with van der Waals surface area (Å²) in [6.07, 6.45) is 0.719. The highest BCUT2D eigenvalue weighted by molar-refractivity contribution is 5.95. The van der Waals surface area contributed by atoms with E-state index in [2.05, 4.69) is 10.5 Å². The highest BCUT2D eigenvalue weighted by Gasteiger charge is 2.28. The SMILES string of the molecule is CCOc1ccc(CCNC(=O)c2noc3c2COc2ccc(C)cc2-3)cc1. The Hall–Kier alpha value is -3.28. The number of carbonyl (C=O) groups is 1. The van der Waals surface area contributed by atoms with Crippen molar-refractivity contribution in [1.82, 2.24) is 10.5 Å². The lowest BCUT2D eigenvalue weighted by molar-refractivity contribution is 0.0943. The van der Waals surface area contributed by atoms with Crippen molar-refractivity contribution in [3.8, 4) is 22.8 Å². The first kappa shape index (κ1) is 18.1. The highest BCUT2D eigenvalue weighted by Crippen LogP contribution is 2.39. The lowest BCUT2D eigenvalue weighted by Crippen LogP contribution is -2.27. The number of ether oxygens (including phenoxy) is 2. The van der Waals surface area contributed by atoms with Gasteiger partial charge in [0, 0.05) is 6.54 Å². The van der Waals surface area contributed by atoms with Crippen LogP contribution in [0.3, 0.4) is 0 Å². The van der Waals surface area contributed by atoms with Gasteiger partial charge < -0.3 is 19.3 Å². The molecule has 144 valence electrons. The third-order valence-electron chi connectivity index (χ3n) is 4.69. The fraction of sp³-hybridized carbons (Fsp3) is 0.273. The van der Waals surface area contributed by atoms with E-state index in [-0.39, 0.29) is 18.2 Å². The van der Waals surface area contributed by atoms with Gasteiger partial charge in [-0.2, -0.15) is 0 Å². The van der Waals surface area contributed by atoms with Crippen LogP contribution in [0.4, 0.5) is 0 Å². The van der Waals surface area contributed by atoms with Gasteiger partial charge in [0.1, 0.15) is 18.1 Å². The molecule has 1 N–H and O–H groups in total. The molecule has 1 aliphatic heterocycles. The molecule has 28 heavy (non-hydrogen) atoms. The summed E-state index contributed by atoms with van der Waals surface area (Å²) in [5.74, 6) is 1.95. The summed E-state index contributed by atoms with van der Waals surface area (Å²) in [7, 11) is 0. The van der Waals surface area contributed by atoms with Gasteiger partial charge in [-0.3, -0.25) is 4.79 Å². The van der Waals surface area contributed by atoms with Gasteiger partial charge in [-0.25, -0.2) is 0 Å². The predicted molar refractivity (Wildman–Crippen MR) is 105 cm³/mol. The summed E-state index contributed by atoms with van der Waals surface area (Å²) in [6, 6.07) is 13.7. The van der Waals surface area contributed by atoms with Crippen LogP contribution in [-0.2, 0) is 13.0 Å². The molecule has 1 aromatic heterocycles. The number of hydrogen-bond acceptors (Lipinski definition) is 5. The van der Waals surface area contributed by atoms with Crippen molar-refractivity contribution in [1.29, 1.82) is 0 Å². The van der Waals surface area contributed by atoms with Crippen molar-refractivity contribution in [3.63, 3.8) is 0 Å². The maximum atomic E-state index is 12.6. The molecule has 0 radical (unpaired) electrons. The predicted octanol–water partition coefficient (Wildman–Crippen LogP) is 3.91. The van der Waals surface area contributed by atoms with E-state index in [1.165, 1.54) is 0 Å². The molecule has 1 amide bonds. The molecule has 0 fully saturated rings. The van der Waals surface area contributed by atoms with Crippen LogP contribution in [0.1, 0.15) is 34.1 Å². The molecule has 0 atom stereocenters. The molecular weight excluding hydrogens is 356 g/mol. The molecule has 2 heterocycles. The van der Waals surface area contributed by atoms with E-state index in [1.807, 2.05) is 56.3 Å². The first-order chi connectivity index (χ1) is 13.7. The minimum Gasteiger partial charge on any atom is -0.494 e. The van der Waals surface area contributed by atoms with E-state index < -0.39 is 0 Å². The third-order valence-corrected chi connectivity index (χ3v) is 4.69. The summed E-state index contributed by atoms with van der Waals surface area (Å²) in [5.41, 5.74) is 4.03. The molecule has 0 bridgehead atoms. The van der Waals surface area contributed by atoms with Gasteiger partial charge >= 0.3 is 0 Å². The first-order valence-electron chi connectivity index (χ1n) is 9.38. The quantitative estimate of drug-likeness (QED) is 0.704. The standard InChI is InChI=1S/C22H22N2O4/c1-3-26-16-7-5-15(6-8-16)10-11-23-22(25)20-18-13-27-19-9-4-14(2)12-17(19)21(18)28-24-20/h4-9,12H,3,10-11,13H2,1-2H3,(H,23,25). The first-order valence-corrected chi connectivity index (χ1v) is 9.38. The topological polar surface area (TPSA) is 73.6 Å². The van der Waals surface area contributed by atoms with Crippen LogP contribution in [0.25, 0.3) is 11.3 Å². The molecule has 6 heteroatoms. The molecule has 2 aromatic carbocycles. The molecule has 4 rings (SSSR count). The van der Waals surface area contributed by atoms with Gasteiger partial charge in [-0.15, -0.1) is 0 Å². The number of aromatic nitrogens is 1. The summed E-state index contributed by atoms with van der Waals surface area (Å²) >= 11 is 0. The fourth-order valence-corrected chi connectivity index (χ4v) is 3.25. The van der Waals surface area contributed by atoms with Crippen molar-refractivity contribution < 1.29 is 18.8 Å². The Labute approximate surface area is 163 Å². The fourth-order valence-electron chi connectivity index (χ4n) is 3.25. The number of aryl methyl sites for hydroxylation is 1. The van der Waals surface area contributed by atoms with E-state index in [0.29, 0.717) is 24.5 Å². The lowest BCUT2D eigenvalue weighted by atomic mass is 10.0. The Bertz CT molecular complexity index is 992.